The fourth-order valence-electron chi connectivity index (χ4n) is 2.41. The quantitative estimate of drug-likeness (QED) is 0.416. The average Bonchev–Trinajstić information content (AvgIpc) is 3.31. The van der Waals surface area contributed by atoms with Crippen molar-refractivity contribution in [3.63, 3.8) is 0 Å². The molecule has 0 radical (unpaired) electrons. The Morgan fingerprint density at radius 2 is 2.17 bits per heavy atom. The number of nitro groups is 1. The van der Waals surface area contributed by atoms with Crippen molar-refractivity contribution in [2.45, 2.75) is 19.7 Å². The van der Waals surface area contributed by atoms with Gasteiger partial charge in [0.25, 0.3) is 0 Å². The van der Waals surface area contributed by atoms with Gasteiger partial charge >= 0.3 is 11.6 Å². The van der Waals surface area contributed by atoms with E-state index in [2.05, 4.69) is 15.5 Å². The summed E-state index contributed by atoms with van der Waals surface area (Å²) >= 11 is 5.90. The van der Waals surface area contributed by atoms with Gasteiger partial charge in [0.2, 0.25) is 5.91 Å². The molecule has 0 aliphatic heterocycles. The van der Waals surface area contributed by atoms with E-state index in [4.69, 9.17) is 21.1 Å². The third kappa shape index (κ3) is 5.45. The molecule has 0 fully saturated rings. The van der Waals surface area contributed by atoms with Gasteiger partial charge in [0.05, 0.1) is 36.7 Å². The maximum atomic E-state index is 12.1. The number of nitrogens with one attached hydrogen (secondary N) is 1. The first-order valence-electron chi connectivity index (χ1n) is 8.41. The zero-order valence-electron chi connectivity index (χ0n) is 15.3. The number of hydrogen-bond donors (Lipinski definition) is 1. The number of nitrogens with zero attached hydrogens (tertiary/aromatic N) is 5. The normalized spacial score (nSPS) is 10.6. The molecule has 0 aliphatic rings. The molecule has 12 heteroatoms. The summed E-state index contributed by atoms with van der Waals surface area (Å²) in [6.07, 6.45) is 4.38. The van der Waals surface area contributed by atoms with Crippen LogP contribution in [0, 0.1) is 10.1 Å². The number of anilines is 1. The average molecular weight is 421 g/mol. The van der Waals surface area contributed by atoms with E-state index in [-0.39, 0.29) is 37.2 Å². The maximum Gasteiger partial charge on any atom is 0.350 e. The van der Waals surface area contributed by atoms with E-state index in [9.17, 15) is 14.9 Å². The lowest BCUT2D eigenvalue weighted by Crippen LogP contribution is -2.14. The summed E-state index contributed by atoms with van der Waals surface area (Å²) < 4.78 is 13.2. The van der Waals surface area contributed by atoms with Gasteiger partial charge in [0.15, 0.2) is 6.73 Å². The van der Waals surface area contributed by atoms with Crippen LogP contribution in [0.5, 0.6) is 11.6 Å². The number of carbonyl (C=O) groups excluding carboxylic acids is 1. The van der Waals surface area contributed by atoms with E-state index in [1.165, 1.54) is 28.9 Å². The van der Waals surface area contributed by atoms with Crippen LogP contribution in [0.1, 0.15) is 6.42 Å². The molecule has 1 aromatic carbocycles. The number of ether oxygens (including phenoxy) is 2. The lowest BCUT2D eigenvalue weighted by Gasteiger charge is -2.06. The van der Waals surface area contributed by atoms with Gasteiger partial charge in [-0.3, -0.25) is 19.6 Å². The monoisotopic (exact) mass is 420 g/mol. The van der Waals surface area contributed by atoms with Crippen molar-refractivity contribution in [1.29, 1.82) is 0 Å². The molecule has 0 saturated carbocycles. The van der Waals surface area contributed by atoms with E-state index in [0.29, 0.717) is 16.5 Å². The van der Waals surface area contributed by atoms with Crippen LogP contribution in [-0.2, 0) is 18.1 Å². The van der Waals surface area contributed by atoms with Crippen LogP contribution >= 0.6 is 11.6 Å². The highest BCUT2D eigenvalue weighted by molar-refractivity contribution is 6.30. The summed E-state index contributed by atoms with van der Waals surface area (Å²) in [7, 11) is 1.29. The van der Waals surface area contributed by atoms with Gasteiger partial charge in [-0.2, -0.15) is 5.10 Å². The Bertz CT molecular complexity index is 1020. The van der Waals surface area contributed by atoms with E-state index in [1.807, 2.05) is 0 Å². The summed E-state index contributed by atoms with van der Waals surface area (Å²) in [6.45, 7) is 0.301. The molecule has 2 aromatic heterocycles. The van der Waals surface area contributed by atoms with Gasteiger partial charge in [0.1, 0.15) is 11.9 Å². The second kappa shape index (κ2) is 9.06. The Hall–Kier alpha value is -3.60. The summed E-state index contributed by atoms with van der Waals surface area (Å²) in [5.41, 5.74) is 0.239. The Labute approximate surface area is 169 Å². The summed E-state index contributed by atoms with van der Waals surface area (Å²) in [5, 5.41) is 22.2. The zero-order chi connectivity index (χ0) is 20.8. The fraction of sp³-hybridized carbons (Fsp3) is 0.235. The Balaban J connectivity index is 1.49. The van der Waals surface area contributed by atoms with Crippen molar-refractivity contribution in [2.75, 3.05) is 12.4 Å². The molecule has 0 atom stereocenters. The molecule has 0 spiro atoms. The van der Waals surface area contributed by atoms with Crippen molar-refractivity contribution < 1.29 is 19.2 Å². The standard InChI is InChI=1S/C17H17ClN6O5/c1-28-17-15(24(26)27)10-22(21-17)6-5-16(25)20-13-8-19-23(9-13)11-29-14-4-2-3-12(18)7-14/h2-4,7-10H,5-6,11H2,1H3,(H,20,25). The first-order valence-corrected chi connectivity index (χ1v) is 8.79. The zero-order valence-corrected chi connectivity index (χ0v) is 16.1. The molecule has 0 aliphatic carbocycles. The van der Waals surface area contributed by atoms with E-state index >= 15 is 0 Å². The molecule has 0 saturated heterocycles. The van der Waals surface area contributed by atoms with Crippen LogP contribution in [0.25, 0.3) is 0 Å². The smallest absolute Gasteiger partial charge is 0.350 e. The van der Waals surface area contributed by atoms with Crippen LogP contribution in [0.2, 0.25) is 5.02 Å². The minimum Gasteiger partial charge on any atom is -0.475 e. The van der Waals surface area contributed by atoms with Crippen LogP contribution in [0.15, 0.2) is 42.9 Å². The number of halogens is 1. The molecule has 3 rings (SSSR count). The number of benzene rings is 1. The van der Waals surface area contributed by atoms with Crippen molar-refractivity contribution in [3.05, 3.63) is 58.0 Å². The largest absolute Gasteiger partial charge is 0.475 e. The van der Waals surface area contributed by atoms with Gasteiger partial charge in [0, 0.05) is 11.4 Å². The third-order valence-electron chi connectivity index (χ3n) is 3.74. The SMILES string of the molecule is COc1nn(CCC(=O)Nc2cnn(COc3cccc(Cl)c3)c2)cc1[N+](=O)[O-]. The fourth-order valence-corrected chi connectivity index (χ4v) is 2.59. The number of aryl methyl sites for hydroxylation is 1. The van der Waals surface area contributed by atoms with Gasteiger partial charge in [-0.15, -0.1) is 5.10 Å². The molecular weight excluding hydrogens is 404 g/mol. The Morgan fingerprint density at radius 1 is 1.34 bits per heavy atom. The van der Waals surface area contributed by atoms with Crippen molar-refractivity contribution in [2.24, 2.45) is 0 Å². The van der Waals surface area contributed by atoms with Crippen molar-refractivity contribution in [1.82, 2.24) is 19.6 Å². The number of aromatic nitrogens is 4. The van der Waals surface area contributed by atoms with Crippen molar-refractivity contribution >= 4 is 28.9 Å². The number of carbonyl (C=O) groups is 1. The lowest BCUT2D eigenvalue weighted by atomic mass is 10.3. The number of amides is 1. The number of methoxy groups -OCH3 is 1. The van der Waals surface area contributed by atoms with Gasteiger partial charge in [-0.25, -0.2) is 4.68 Å². The van der Waals surface area contributed by atoms with Crippen LogP contribution in [0.4, 0.5) is 11.4 Å². The summed E-state index contributed by atoms with van der Waals surface area (Å²) in [6, 6.07) is 6.97. The minimum absolute atomic E-state index is 0.0617. The Morgan fingerprint density at radius 3 is 2.86 bits per heavy atom. The van der Waals surface area contributed by atoms with Crippen LogP contribution < -0.4 is 14.8 Å². The van der Waals surface area contributed by atoms with Gasteiger partial charge < -0.3 is 14.8 Å². The van der Waals surface area contributed by atoms with Gasteiger partial charge in [-0.05, 0) is 18.2 Å². The van der Waals surface area contributed by atoms with E-state index in [1.54, 1.807) is 30.5 Å². The lowest BCUT2D eigenvalue weighted by molar-refractivity contribution is -0.385. The molecule has 11 nitrogen and oxygen atoms in total. The predicted octanol–water partition coefficient (Wildman–Crippen LogP) is 2.72. The second-order valence-electron chi connectivity index (χ2n) is 5.84. The second-order valence-corrected chi connectivity index (χ2v) is 6.28. The minimum atomic E-state index is -0.595. The molecule has 1 amide bonds. The molecule has 29 heavy (non-hydrogen) atoms. The first kappa shape index (κ1) is 20.1. The molecule has 3 aromatic rings. The highest BCUT2D eigenvalue weighted by Gasteiger charge is 2.20. The van der Waals surface area contributed by atoms with Crippen molar-refractivity contribution in [3.8, 4) is 11.6 Å². The predicted molar refractivity (Wildman–Crippen MR) is 103 cm³/mol. The maximum absolute atomic E-state index is 12.1. The molecule has 1 N–H and O–H groups in total. The first-order chi connectivity index (χ1) is 13.9. The topological polar surface area (TPSA) is 126 Å². The summed E-state index contributed by atoms with van der Waals surface area (Å²) in [5.74, 6) is 0.205. The highest BCUT2D eigenvalue weighted by Crippen LogP contribution is 2.24. The Kier molecular flexibility index (Phi) is 6.29. The third-order valence-corrected chi connectivity index (χ3v) is 3.98. The molecule has 152 valence electrons. The van der Waals surface area contributed by atoms with E-state index in [0.717, 1.165) is 0 Å². The van der Waals surface area contributed by atoms with Crippen LogP contribution in [-0.4, -0.2) is 37.5 Å². The molecule has 0 unspecified atom stereocenters. The molecular formula is C17H17ClN6O5. The number of hydrogen-bond acceptors (Lipinski definition) is 7. The highest BCUT2D eigenvalue weighted by atomic mass is 35.5. The van der Waals surface area contributed by atoms with Crippen LogP contribution in [0.3, 0.4) is 0 Å². The summed E-state index contributed by atoms with van der Waals surface area (Å²) in [4.78, 5) is 22.4. The molecule has 2 heterocycles. The van der Waals surface area contributed by atoms with E-state index < -0.39 is 4.92 Å². The van der Waals surface area contributed by atoms with Gasteiger partial charge in [-0.1, -0.05) is 17.7 Å². The number of rotatable bonds is 9. The molecule has 0 bridgehead atoms.